The Morgan fingerprint density at radius 1 is 0.719 bits per heavy atom. The molecule has 3 aromatic rings. The Labute approximate surface area is 204 Å². The third-order valence-corrected chi connectivity index (χ3v) is 6.42. The highest BCUT2D eigenvalue weighted by Crippen LogP contribution is 2.33. The minimum atomic E-state index is 0. The number of pyridine rings is 1. The second-order valence-corrected chi connectivity index (χ2v) is 8.24. The van der Waals surface area contributed by atoms with Crippen LogP contribution in [-0.2, 0) is 12.8 Å². The zero-order chi connectivity index (χ0) is 20.2. The number of halogens is 2. The first-order valence-corrected chi connectivity index (χ1v) is 11.1. The van der Waals surface area contributed by atoms with Crippen molar-refractivity contribution in [2.75, 3.05) is 37.6 Å². The Balaban J connectivity index is 0.00000144. The van der Waals surface area contributed by atoms with Crippen LogP contribution in [-0.4, -0.2) is 42.6 Å². The van der Waals surface area contributed by atoms with Crippen LogP contribution in [0.2, 0.25) is 0 Å². The summed E-state index contributed by atoms with van der Waals surface area (Å²) in [5.41, 5.74) is 7.21. The predicted octanol–water partition coefficient (Wildman–Crippen LogP) is 5.67. The number of hydrogen-bond acceptors (Lipinski definition) is 3. The Hall–Kier alpha value is -2.33. The highest BCUT2D eigenvalue weighted by Gasteiger charge is 2.19. The molecule has 5 rings (SSSR count). The molecule has 3 nitrogen and oxygen atoms in total. The Morgan fingerprint density at radius 2 is 1.31 bits per heavy atom. The summed E-state index contributed by atoms with van der Waals surface area (Å²) in [6.07, 6.45) is 7.70. The fourth-order valence-corrected chi connectivity index (χ4v) is 4.77. The van der Waals surface area contributed by atoms with E-state index in [9.17, 15) is 0 Å². The second-order valence-electron chi connectivity index (χ2n) is 8.24. The van der Waals surface area contributed by atoms with E-state index in [0.29, 0.717) is 0 Å². The summed E-state index contributed by atoms with van der Waals surface area (Å²) in [5, 5.41) is 0. The predicted molar refractivity (Wildman–Crippen MR) is 139 cm³/mol. The van der Waals surface area contributed by atoms with Gasteiger partial charge in [-0.1, -0.05) is 60.7 Å². The van der Waals surface area contributed by atoms with E-state index in [4.69, 9.17) is 0 Å². The van der Waals surface area contributed by atoms with Crippen LogP contribution in [0.15, 0.2) is 79.0 Å². The molecule has 2 heterocycles. The van der Waals surface area contributed by atoms with Crippen molar-refractivity contribution in [1.82, 2.24) is 9.88 Å². The van der Waals surface area contributed by atoms with Gasteiger partial charge in [0.1, 0.15) is 5.82 Å². The quantitative estimate of drug-likeness (QED) is 0.492. The largest absolute Gasteiger partial charge is 0.354 e. The van der Waals surface area contributed by atoms with Crippen LogP contribution in [0.25, 0.3) is 5.57 Å². The standard InChI is InChI=1S/C27H29N3.2ClH/c1-3-10-24-22(8-1)14-15-23-9-2-4-11-25(23)26(24)12-7-17-29-18-20-30(21-19-29)27-13-5-6-16-28-27;;/h1-6,8-13,16H,7,14-15,17-21H2;2*1H. The van der Waals surface area contributed by atoms with Gasteiger partial charge in [-0.15, -0.1) is 24.8 Å². The summed E-state index contributed by atoms with van der Waals surface area (Å²) in [5.74, 6) is 1.10. The molecule has 1 saturated heterocycles. The van der Waals surface area contributed by atoms with Gasteiger partial charge in [-0.25, -0.2) is 4.98 Å². The second kappa shape index (κ2) is 11.5. The van der Waals surface area contributed by atoms with Crippen molar-refractivity contribution >= 4 is 36.2 Å². The van der Waals surface area contributed by atoms with Gasteiger partial charge in [0.05, 0.1) is 0 Å². The molecule has 1 aliphatic carbocycles. The van der Waals surface area contributed by atoms with Gasteiger partial charge in [0.2, 0.25) is 0 Å². The molecule has 0 N–H and O–H groups in total. The van der Waals surface area contributed by atoms with Crippen molar-refractivity contribution in [1.29, 1.82) is 0 Å². The van der Waals surface area contributed by atoms with Gasteiger partial charge in [-0.2, -0.15) is 0 Å². The number of piperazine rings is 1. The summed E-state index contributed by atoms with van der Waals surface area (Å²) in [6.45, 7) is 5.43. The molecular weight excluding hydrogens is 437 g/mol. The molecule has 0 radical (unpaired) electrons. The van der Waals surface area contributed by atoms with E-state index in [1.54, 1.807) is 0 Å². The summed E-state index contributed by atoms with van der Waals surface area (Å²) in [4.78, 5) is 9.48. The lowest BCUT2D eigenvalue weighted by molar-refractivity contribution is 0.262. The zero-order valence-electron chi connectivity index (χ0n) is 18.3. The van der Waals surface area contributed by atoms with Crippen molar-refractivity contribution < 1.29 is 0 Å². The van der Waals surface area contributed by atoms with Crippen LogP contribution >= 0.6 is 24.8 Å². The highest BCUT2D eigenvalue weighted by molar-refractivity contribution is 5.86. The molecule has 0 unspecified atom stereocenters. The van der Waals surface area contributed by atoms with Gasteiger partial charge in [-0.05, 0) is 59.2 Å². The molecule has 0 amide bonds. The maximum Gasteiger partial charge on any atom is 0.128 e. The molecule has 1 aromatic heterocycles. The maximum absolute atomic E-state index is 4.50. The maximum atomic E-state index is 4.50. The van der Waals surface area contributed by atoms with E-state index in [2.05, 4.69) is 81.5 Å². The molecule has 1 fully saturated rings. The molecule has 32 heavy (non-hydrogen) atoms. The van der Waals surface area contributed by atoms with Gasteiger partial charge in [0.25, 0.3) is 0 Å². The number of nitrogens with zero attached hydrogens (tertiary/aromatic N) is 3. The Kier molecular flexibility index (Phi) is 8.75. The minimum Gasteiger partial charge on any atom is -0.354 e. The molecular formula is C27H31Cl2N3. The lowest BCUT2D eigenvalue weighted by Gasteiger charge is -2.35. The molecule has 2 aromatic carbocycles. The number of rotatable bonds is 4. The Morgan fingerprint density at radius 3 is 1.91 bits per heavy atom. The van der Waals surface area contributed by atoms with E-state index in [1.165, 1.54) is 27.8 Å². The van der Waals surface area contributed by atoms with Crippen LogP contribution in [0.3, 0.4) is 0 Å². The zero-order valence-corrected chi connectivity index (χ0v) is 20.0. The lowest BCUT2D eigenvalue weighted by Crippen LogP contribution is -2.46. The van der Waals surface area contributed by atoms with Crippen LogP contribution in [0.4, 0.5) is 5.82 Å². The third kappa shape index (κ3) is 5.35. The smallest absolute Gasteiger partial charge is 0.128 e. The van der Waals surface area contributed by atoms with Gasteiger partial charge >= 0.3 is 0 Å². The fraction of sp³-hybridized carbons (Fsp3) is 0.296. The van der Waals surface area contributed by atoms with E-state index in [1.807, 2.05) is 12.3 Å². The first kappa shape index (κ1) is 24.3. The average Bonchev–Trinajstić information content (AvgIpc) is 2.97. The number of aryl methyl sites for hydroxylation is 2. The SMILES string of the molecule is C(CCN1CCN(c2ccccn2)CC1)=C1c2ccccc2CCc2ccccc21.Cl.Cl. The molecule has 168 valence electrons. The van der Waals surface area contributed by atoms with E-state index in [-0.39, 0.29) is 24.8 Å². The van der Waals surface area contributed by atoms with E-state index >= 15 is 0 Å². The van der Waals surface area contributed by atoms with Crippen molar-refractivity contribution in [2.24, 2.45) is 0 Å². The normalized spacial score (nSPS) is 15.5. The molecule has 5 heteroatoms. The van der Waals surface area contributed by atoms with Crippen molar-refractivity contribution in [2.45, 2.75) is 19.3 Å². The van der Waals surface area contributed by atoms with Crippen LogP contribution in [0, 0.1) is 0 Å². The highest BCUT2D eigenvalue weighted by atomic mass is 35.5. The Bertz CT molecular complexity index is 978. The first-order valence-electron chi connectivity index (χ1n) is 11.1. The molecule has 0 atom stereocenters. The monoisotopic (exact) mass is 467 g/mol. The summed E-state index contributed by atoms with van der Waals surface area (Å²) in [6, 6.07) is 24.1. The molecule has 0 bridgehead atoms. The molecule has 0 spiro atoms. The number of fused-ring (bicyclic) bond motifs is 2. The van der Waals surface area contributed by atoms with E-state index in [0.717, 1.165) is 57.8 Å². The van der Waals surface area contributed by atoms with Gasteiger partial charge in [0.15, 0.2) is 0 Å². The third-order valence-electron chi connectivity index (χ3n) is 6.42. The first-order chi connectivity index (χ1) is 14.9. The molecule has 0 saturated carbocycles. The minimum absolute atomic E-state index is 0. The topological polar surface area (TPSA) is 19.4 Å². The number of hydrogen-bond donors (Lipinski definition) is 0. The average molecular weight is 468 g/mol. The van der Waals surface area contributed by atoms with Crippen LogP contribution in [0.1, 0.15) is 28.7 Å². The van der Waals surface area contributed by atoms with Crippen molar-refractivity contribution in [3.63, 3.8) is 0 Å². The molecule has 2 aliphatic rings. The van der Waals surface area contributed by atoms with Gasteiger partial charge in [-0.3, -0.25) is 4.90 Å². The van der Waals surface area contributed by atoms with Gasteiger partial charge < -0.3 is 4.90 Å². The van der Waals surface area contributed by atoms with Crippen molar-refractivity contribution in [3.05, 3.63) is 101 Å². The fourth-order valence-electron chi connectivity index (χ4n) is 4.77. The summed E-state index contributed by atoms with van der Waals surface area (Å²) in [7, 11) is 0. The van der Waals surface area contributed by atoms with Crippen LogP contribution < -0.4 is 4.90 Å². The lowest BCUT2D eigenvalue weighted by atomic mass is 9.93. The molecule has 1 aliphatic heterocycles. The number of benzene rings is 2. The summed E-state index contributed by atoms with van der Waals surface area (Å²) >= 11 is 0. The van der Waals surface area contributed by atoms with Gasteiger partial charge in [0, 0.05) is 38.9 Å². The van der Waals surface area contributed by atoms with Crippen LogP contribution in [0.5, 0.6) is 0 Å². The summed E-state index contributed by atoms with van der Waals surface area (Å²) < 4.78 is 0. The number of anilines is 1. The van der Waals surface area contributed by atoms with Crippen molar-refractivity contribution in [3.8, 4) is 0 Å². The number of aromatic nitrogens is 1. The van der Waals surface area contributed by atoms with E-state index < -0.39 is 0 Å².